The highest BCUT2D eigenvalue weighted by molar-refractivity contribution is 7.54. The van der Waals surface area contributed by atoms with Crippen LogP contribution in [0.25, 0.3) is 0 Å². The SMILES string of the molecule is CCOP(=O)(OCC)C(Nc1ccc(OC(F)(F)C(F)Cl)cc1)c1ccccc1OC. The van der Waals surface area contributed by atoms with Crippen molar-refractivity contribution in [1.29, 1.82) is 0 Å². The summed E-state index contributed by atoms with van der Waals surface area (Å²) < 4.78 is 73.7. The second-order valence-electron chi connectivity index (χ2n) is 6.15. The molecule has 2 aromatic carbocycles. The lowest BCUT2D eigenvalue weighted by Gasteiger charge is -2.29. The topological polar surface area (TPSA) is 66.0 Å². The van der Waals surface area contributed by atoms with E-state index in [4.69, 9.17) is 25.4 Å². The van der Waals surface area contributed by atoms with Gasteiger partial charge in [0.2, 0.25) is 0 Å². The highest BCUT2D eigenvalue weighted by atomic mass is 35.5. The molecule has 0 aliphatic heterocycles. The van der Waals surface area contributed by atoms with E-state index in [1.807, 2.05) is 0 Å². The summed E-state index contributed by atoms with van der Waals surface area (Å²) in [6.45, 7) is 3.64. The molecule has 172 valence electrons. The molecule has 0 radical (unpaired) electrons. The maximum atomic E-state index is 13.6. The van der Waals surface area contributed by atoms with Crippen LogP contribution >= 0.6 is 19.2 Å². The van der Waals surface area contributed by atoms with Crippen molar-refractivity contribution in [3.63, 3.8) is 0 Å². The summed E-state index contributed by atoms with van der Waals surface area (Å²) in [5.41, 5.74) is -2.08. The molecule has 0 saturated heterocycles. The second-order valence-corrected chi connectivity index (χ2v) is 8.65. The van der Waals surface area contributed by atoms with Gasteiger partial charge in [0.25, 0.3) is 5.63 Å². The van der Waals surface area contributed by atoms with Crippen LogP contribution in [-0.2, 0) is 13.6 Å². The third-order valence-corrected chi connectivity index (χ3v) is 6.56. The fraction of sp³-hybridized carbons (Fsp3) is 0.400. The van der Waals surface area contributed by atoms with Gasteiger partial charge in [0.05, 0.1) is 20.3 Å². The lowest BCUT2D eigenvalue weighted by atomic mass is 10.2. The summed E-state index contributed by atoms with van der Waals surface area (Å²) in [5, 5.41) is 3.06. The molecule has 0 saturated carbocycles. The molecule has 2 aromatic rings. The van der Waals surface area contributed by atoms with E-state index in [9.17, 15) is 17.7 Å². The number of anilines is 1. The van der Waals surface area contributed by atoms with Crippen LogP contribution in [0, 0.1) is 0 Å². The Morgan fingerprint density at radius 3 is 2.16 bits per heavy atom. The van der Waals surface area contributed by atoms with Crippen LogP contribution < -0.4 is 14.8 Å². The van der Waals surface area contributed by atoms with E-state index in [1.165, 1.54) is 31.4 Å². The van der Waals surface area contributed by atoms with Gasteiger partial charge in [-0.3, -0.25) is 4.57 Å². The normalized spacial score (nSPS) is 14.0. The highest BCUT2D eigenvalue weighted by Gasteiger charge is 2.42. The predicted molar refractivity (Wildman–Crippen MR) is 113 cm³/mol. The Balaban J connectivity index is 2.38. The Hall–Kier alpha value is -1.93. The van der Waals surface area contributed by atoms with Crippen molar-refractivity contribution in [3.8, 4) is 11.5 Å². The average molecular weight is 482 g/mol. The van der Waals surface area contributed by atoms with Gasteiger partial charge in [0.1, 0.15) is 11.5 Å². The number of benzene rings is 2. The summed E-state index contributed by atoms with van der Waals surface area (Å²) in [6, 6.07) is 12.1. The van der Waals surface area contributed by atoms with Gasteiger partial charge < -0.3 is 23.8 Å². The minimum Gasteiger partial charge on any atom is -0.496 e. The van der Waals surface area contributed by atoms with Crippen molar-refractivity contribution in [2.24, 2.45) is 0 Å². The second kappa shape index (κ2) is 11.1. The first-order valence-electron chi connectivity index (χ1n) is 9.40. The van der Waals surface area contributed by atoms with Crippen molar-refractivity contribution in [1.82, 2.24) is 0 Å². The summed E-state index contributed by atoms with van der Waals surface area (Å²) in [6.07, 6.45) is -4.18. The summed E-state index contributed by atoms with van der Waals surface area (Å²) >= 11 is 4.80. The van der Waals surface area contributed by atoms with E-state index in [-0.39, 0.29) is 19.0 Å². The first-order chi connectivity index (χ1) is 14.7. The molecule has 0 aliphatic rings. The monoisotopic (exact) mass is 481 g/mol. The van der Waals surface area contributed by atoms with Crippen LogP contribution in [-0.4, -0.2) is 32.1 Å². The van der Waals surface area contributed by atoms with Gasteiger partial charge in [-0.05, 0) is 44.2 Å². The van der Waals surface area contributed by atoms with Crippen molar-refractivity contribution in [3.05, 3.63) is 54.1 Å². The van der Waals surface area contributed by atoms with Crippen molar-refractivity contribution in [2.75, 3.05) is 25.6 Å². The summed E-state index contributed by atoms with van der Waals surface area (Å²) in [4.78, 5) is 0. The molecule has 2 rings (SSSR count). The molecule has 0 heterocycles. The number of alkyl halides is 4. The fourth-order valence-corrected chi connectivity index (χ4v) is 4.74. The van der Waals surface area contributed by atoms with Crippen molar-refractivity contribution < 1.29 is 36.3 Å². The van der Waals surface area contributed by atoms with Gasteiger partial charge in [-0.25, -0.2) is 4.39 Å². The van der Waals surface area contributed by atoms with Gasteiger partial charge in [0.15, 0.2) is 5.78 Å². The van der Waals surface area contributed by atoms with Crippen LogP contribution in [0.1, 0.15) is 25.2 Å². The van der Waals surface area contributed by atoms with Crippen molar-refractivity contribution in [2.45, 2.75) is 31.4 Å². The molecular weight excluding hydrogens is 458 g/mol. The maximum absolute atomic E-state index is 13.6. The molecule has 0 spiro atoms. The highest BCUT2D eigenvalue weighted by Crippen LogP contribution is 2.62. The zero-order chi connectivity index (χ0) is 23.1. The lowest BCUT2D eigenvalue weighted by Crippen LogP contribution is -2.32. The van der Waals surface area contributed by atoms with Gasteiger partial charge >= 0.3 is 13.7 Å². The molecule has 0 aliphatic carbocycles. The molecule has 2 atom stereocenters. The van der Waals surface area contributed by atoms with Crippen LogP contribution in [0.5, 0.6) is 11.5 Å². The zero-order valence-electron chi connectivity index (χ0n) is 17.2. The molecule has 0 fully saturated rings. The Labute approximate surface area is 184 Å². The predicted octanol–water partition coefficient (Wildman–Crippen LogP) is 6.58. The quantitative estimate of drug-likeness (QED) is 0.273. The first-order valence-corrected chi connectivity index (χ1v) is 11.4. The van der Waals surface area contributed by atoms with E-state index in [1.54, 1.807) is 38.1 Å². The molecule has 31 heavy (non-hydrogen) atoms. The van der Waals surface area contributed by atoms with Gasteiger partial charge in [0, 0.05) is 11.3 Å². The third-order valence-electron chi connectivity index (χ3n) is 4.03. The molecular formula is C20H24ClF3NO5P. The van der Waals surface area contributed by atoms with E-state index >= 15 is 0 Å². The van der Waals surface area contributed by atoms with Crippen LogP contribution in [0.15, 0.2) is 48.5 Å². The van der Waals surface area contributed by atoms with E-state index < -0.39 is 25.1 Å². The largest absolute Gasteiger partial charge is 0.496 e. The minimum absolute atomic E-state index is 0.134. The average Bonchev–Trinajstić information content (AvgIpc) is 2.73. The van der Waals surface area contributed by atoms with Gasteiger partial charge in [-0.1, -0.05) is 29.8 Å². The number of hydrogen-bond acceptors (Lipinski definition) is 6. The molecule has 0 aromatic heterocycles. The standard InChI is InChI=1S/C20H24ClF3NO5P/c1-4-28-31(26,29-5-2)18(16-8-6-7-9-17(16)27-3)25-14-10-12-15(13-11-14)30-20(23,24)19(21)22/h6-13,18-19,25H,4-5H2,1-3H3. The van der Waals surface area contributed by atoms with Gasteiger partial charge in [-0.2, -0.15) is 8.78 Å². The van der Waals surface area contributed by atoms with E-state index in [0.29, 0.717) is 17.0 Å². The smallest absolute Gasteiger partial charge is 0.444 e. The van der Waals surface area contributed by atoms with Gasteiger partial charge in [-0.15, -0.1) is 0 Å². The number of ether oxygens (including phenoxy) is 2. The number of halogens is 4. The number of hydrogen-bond donors (Lipinski definition) is 1. The molecule has 0 amide bonds. The van der Waals surface area contributed by atoms with E-state index in [2.05, 4.69) is 10.1 Å². The molecule has 2 unspecified atom stereocenters. The molecule has 6 nitrogen and oxygen atoms in total. The lowest BCUT2D eigenvalue weighted by molar-refractivity contribution is -0.199. The van der Waals surface area contributed by atoms with E-state index in [0.717, 1.165) is 0 Å². The Morgan fingerprint density at radius 2 is 1.65 bits per heavy atom. The third kappa shape index (κ3) is 6.53. The number of nitrogens with one attached hydrogen (secondary N) is 1. The minimum atomic E-state index is -4.18. The maximum Gasteiger partial charge on any atom is 0.444 e. The van der Waals surface area contributed by atoms with Crippen LogP contribution in [0.4, 0.5) is 18.9 Å². The first kappa shape index (κ1) is 25.3. The number of rotatable bonds is 12. The summed E-state index contributed by atoms with van der Waals surface area (Å²) in [5.74, 6) is -0.810. The molecule has 11 heteroatoms. The van der Waals surface area contributed by atoms with Crippen LogP contribution in [0.2, 0.25) is 0 Å². The fourth-order valence-electron chi connectivity index (χ4n) is 2.74. The Bertz CT molecular complexity index is 875. The Kier molecular flexibility index (Phi) is 9.06. The zero-order valence-corrected chi connectivity index (χ0v) is 18.8. The van der Waals surface area contributed by atoms with Crippen LogP contribution in [0.3, 0.4) is 0 Å². The number of para-hydroxylation sites is 1. The summed E-state index contributed by atoms with van der Waals surface area (Å²) in [7, 11) is -2.25. The van der Waals surface area contributed by atoms with Crippen molar-refractivity contribution >= 4 is 24.9 Å². The molecule has 0 bridgehead atoms. The molecule has 1 N–H and O–H groups in total. The number of methoxy groups -OCH3 is 1. The Morgan fingerprint density at radius 1 is 1.06 bits per heavy atom.